The maximum absolute atomic E-state index is 10.8. The van der Waals surface area contributed by atoms with Crippen molar-refractivity contribution in [2.75, 3.05) is 6.54 Å². The minimum Gasteiger partial charge on any atom is -0.481 e. The maximum atomic E-state index is 10.8. The summed E-state index contributed by atoms with van der Waals surface area (Å²) in [5.41, 5.74) is 5.44. The van der Waals surface area contributed by atoms with Gasteiger partial charge in [0.25, 0.3) is 0 Å². The van der Waals surface area contributed by atoms with Crippen molar-refractivity contribution in [1.82, 2.24) is 0 Å². The Bertz CT molecular complexity index is 212. The molecule has 1 fully saturated rings. The number of carboxylic acids is 1. The molecule has 1 aliphatic carbocycles. The van der Waals surface area contributed by atoms with Crippen LogP contribution in [0.15, 0.2) is 0 Å². The van der Waals surface area contributed by atoms with Crippen molar-refractivity contribution in [2.45, 2.75) is 51.9 Å². The Morgan fingerprint density at radius 2 is 2.00 bits per heavy atom. The first-order chi connectivity index (χ1) is 7.63. The number of nitrogens with two attached hydrogens (primary N) is 1. The van der Waals surface area contributed by atoms with E-state index in [2.05, 4.69) is 6.92 Å². The van der Waals surface area contributed by atoms with E-state index in [9.17, 15) is 4.79 Å². The highest BCUT2D eigenvalue weighted by Crippen LogP contribution is 2.31. The molecule has 0 aromatic heterocycles. The molecule has 1 rings (SSSR count). The maximum Gasteiger partial charge on any atom is 0.307 e. The van der Waals surface area contributed by atoms with Crippen LogP contribution < -0.4 is 5.73 Å². The molecule has 94 valence electrons. The molecule has 0 bridgehead atoms. The first kappa shape index (κ1) is 13.5. The Balaban J connectivity index is 2.17. The summed E-state index contributed by atoms with van der Waals surface area (Å²) in [6.45, 7) is 2.51. The predicted octanol–water partition coefficient (Wildman–Crippen LogP) is 2.64. The summed E-state index contributed by atoms with van der Waals surface area (Å²) >= 11 is 0. The van der Waals surface area contributed by atoms with Crippen LogP contribution in [0.3, 0.4) is 0 Å². The molecule has 0 saturated heterocycles. The van der Waals surface area contributed by atoms with Gasteiger partial charge in [0.05, 0.1) is 5.92 Å². The molecule has 16 heavy (non-hydrogen) atoms. The number of hydrogen-bond acceptors (Lipinski definition) is 2. The Kier molecular flexibility index (Phi) is 5.81. The van der Waals surface area contributed by atoms with Crippen molar-refractivity contribution >= 4 is 5.97 Å². The van der Waals surface area contributed by atoms with Gasteiger partial charge >= 0.3 is 5.97 Å². The summed E-state index contributed by atoms with van der Waals surface area (Å²) in [5.74, 6) is 0.467. The molecule has 0 aliphatic heterocycles. The van der Waals surface area contributed by atoms with Crippen molar-refractivity contribution in [3.05, 3.63) is 0 Å². The lowest BCUT2D eigenvalue weighted by Crippen LogP contribution is -2.23. The number of hydrogen-bond donors (Lipinski definition) is 2. The van der Waals surface area contributed by atoms with Gasteiger partial charge in [-0.2, -0.15) is 0 Å². The number of carbonyl (C=O) groups is 1. The van der Waals surface area contributed by atoms with E-state index in [1.54, 1.807) is 0 Å². The van der Waals surface area contributed by atoms with Crippen LogP contribution in [-0.2, 0) is 4.79 Å². The van der Waals surface area contributed by atoms with Gasteiger partial charge in [0.15, 0.2) is 0 Å². The van der Waals surface area contributed by atoms with Crippen LogP contribution in [0.2, 0.25) is 0 Å². The van der Waals surface area contributed by atoms with Gasteiger partial charge in [0, 0.05) is 6.54 Å². The lowest BCUT2D eigenvalue weighted by atomic mass is 9.89. The van der Waals surface area contributed by atoms with E-state index in [1.807, 2.05) is 0 Å². The van der Waals surface area contributed by atoms with E-state index < -0.39 is 5.97 Å². The Morgan fingerprint density at radius 1 is 1.38 bits per heavy atom. The van der Waals surface area contributed by atoms with Gasteiger partial charge in [-0.05, 0) is 31.1 Å². The summed E-state index contributed by atoms with van der Waals surface area (Å²) in [5, 5.41) is 8.89. The zero-order valence-electron chi connectivity index (χ0n) is 10.3. The minimum absolute atomic E-state index is 0.269. The zero-order chi connectivity index (χ0) is 12.0. The Morgan fingerprint density at radius 3 is 2.50 bits per heavy atom. The smallest absolute Gasteiger partial charge is 0.307 e. The lowest BCUT2D eigenvalue weighted by Gasteiger charge is -2.17. The molecule has 1 aliphatic rings. The molecule has 2 atom stereocenters. The highest BCUT2D eigenvalue weighted by atomic mass is 16.4. The van der Waals surface area contributed by atoms with Crippen LogP contribution >= 0.6 is 0 Å². The van der Waals surface area contributed by atoms with Crippen LogP contribution in [0.4, 0.5) is 0 Å². The lowest BCUT2D eigenvalue weighted by molar-refractivity contribution is -0.141. The standard InChI is InChI=1S/C13H25NO2/c1-10(8-11-4-2-3-5-11)6-7-12(9-14)13(15)16/h10-12H,2-9,14H2,1H3,(H,15,16)/t10?,12-/m1/s1. The molecule has 1 unspecified atom stereocenters. The molecule has 3 nitrogen and oxygen atoms in total. The largest absolute Gasteiger partial charge is 0.481 e. The zero-order valence-corrected chi connectivity index (χ0v) is 10.3. The molecule has 0 spiro atoms. The second kappa shape index (κ2) is 6.89. The van der Waals surface area contributed by atoms with E-state index >= 15 is 0 Å². The number of rotatable bonds is 7. The van der Waals surface area contributed by atoms with Gasteiger partial charge in [-0.3, -0.25) is 4.79 Å². The van der Waals surface area contributed by atoms with Gasteiger partial charge in [-0.1, -0.05) is 32.6 Å². The normalized spacial score (nSPS) is 20.9. The number of carboxylic acid groups (broad SMARTS) is 1. The fourth-order valence-electron chi connectivity index (χ4n) is 2.76. The molecule has 0 aromatic carbocycles. The van der Waals surface area contributed by atoms with Gasteiger partial charge < -0.3 is 10.8 Å². The van der Waals surface area contributed by atoms with E-state index in [0.29, 0.717) is 5.92 Å². The molecule has 3 heteroatoms. The topological polar surface area (TPSA) is 63.3 Å². The van der Waals surface area contributed by atoms with Crippen molar-refractivity contribution in [3.8, 4) is 0 Å². The fourth-order valence-corrected chi connectivity index (χ4v) is 2.76. The van der Waals surface area contributed by atoms with Crippen LogP contribution in [-0.4, -0.2) is 17.6 Å². The fraction of sp³-hybridized carbons (Fsp3) is 0.923. The summed E-state index contributed by atoms with van der Waals surface area (Å²) < 4.78 is 0. The first-order valence-electron chi connectivity index (χ1n) is 6.56. The average Bonchev–Trinajstić information content (AvgIpc) is 2.70. The molecule has 0 radical (unpaired) electrons. The van der Waals surface area contributed by atoms with Gasteiger partial charge in [0.1, 0.15) is 0 Å². The van der Waals surface area contributed by atoms with E-state index in [1.165, 1.54) is 32.1 Å². The molecule has 0 amide bonds. The monoisotopic (exact) mass is 227 g/mol. The average molecular weight is 227 g/mol. The second-order valence-electron chi connectivity index (χ2n) is 5.34. The van der Waals surface area contributed by atoms with Crippen LogP contribution in [0.5, 0.6) is 0 Å². The number of aliphatic carboxylic acids is 1. The highest BCUT2D eigenvalue weighted by molar-refractivity contribution is 5.70. The highest BCUT2D eigenvalue weighted by Gasteiger charge is 2.20. The first-order valence-corrected chi connectivity index (χ1v) is 6.56. The predicted molar refractivity (Wildman–Crippen MR) is 65.2 cm³/mol. The van der Waals surface area contributed by atoms with Crippen molar-refractivity contribution < 1.29 is 9.90 Å². The van der Waals surface area contributed by atoms with E-state index in [4.69, 9.17) is 10.8 Å². The summed E-state index contributed by atoms with van der Waals surface area (Å²) in [4.78, 5) is 10.8. The molecule has 3 N–H and O–H groups in total. The summed E-state index contributed by atoms with van der Waals surface area (Å²) in [6.07, 6.45) is 8.55. The Hall–Kier alpha value is -0.570. The minimum atomic E-state index is -0.740. The quantitative estimate of drug-likeness (QED) is 0.702. The van der Waals surface area contributed by atoms with Crippen molar-refractivity contribution in [1.29, 1.82) is 0 Å². The van der Waals surface area contributed by atoms with E-state index in [-0.39, 0.29) is 12.5 Å². The van der Waals surface area contributed by atoms with Crippen LogP contribution in [0, 0.1) is 17.8 Å². The van der Waals surface area contributed by atoms with Crippen LogP contribution in [0.25, 0.3) is 0 Å². The second-order valence-corrected chi connectivity index (χ2v) is 5.34. The van der Waals surface area contributed by atoms with Gasteiger partial charge in [-0.25, -0.2) is 0 Å². The summed E-state index contributed by atoms with van der Waals surface area (Å²) in [6, 6.07) is 0. The molecule has 0 aromatic rings. The summed E-state index contributed by atoms with van der Waals surface area (Å²) in [7, 11) is 0. The van der Waals surface area contributed by atoms with Crippen molar-refractivity contribution in [2.24, 2.45) is 23.5 Å². The molecule has 1 saturated carbocycles. The third kappa shape index (κ3) is 4.52. The molecular formula is C13H25NO2. The SMILES string of the molecule is CC(CC[C@H](CN)C(=O)O)CC1CCCC1. The van der Waals surface area contributed by atoms with Crippen LogP contribution in [0.1, 0.15) is 51.9 Å². The van der Waals surface area contributed by atoms with Gasteiger partial charge in [0.2, 0.25) is 0 Å². The van der Waals surface area contributed by atoms with E-state index in [0.717, 1.165) is 18.8 Å². The van der Waals surface area contributed by atoms with Crippen molar-refractivity contribution in [3.63, 3.8) is 0 Å². The third-order valence-corrected chi connectivity index (χ3v) is 3.85. The third-order valence-electron chi connectivity index (χ3n) is 3.85. The molecule has 0 heterocycles. The Labute approximate surface area is 98.4 Å². The van der Waals surface area contributed by atoms with Gasteiger partial charge in [-0.15, -0.1) is 0 Å². The molecular weight excluding hydrogens is 202 g/mol.